The van der Waals surface area contributed by atoms with Gasteiger partial charge in [0.05, 0.1) is 5.56 Å². The minimum absolute atomic E-state index is 0.0589. The molecule has 1 aliphatic rings. The maximum absolute atomic E-state index is 11.8. The first kappa shape index (κ1) is 11.0. The molecule has 1 aromatic carbocycles. The number of phenolic OH excluding ortho intramolecular Hbond substituents is 1. The van der Waals surface area contributed by atoms with Crippen LogP contribution >= 0.6 is 0 Å². The number of phenols is 1. The van der Waals surface area contributed by atoms with E-state index < -0.39 is 0 Å². The predicted octanol–water partition coefficient (Wildman–Crippen LogP) is 0.920. The Morgan fingerprint density at radius 2 is 2.19 bits per heavy atom. The molecule has 16 heavy (non-hydrogen) atoms. The molecular weight excluding hydrogens is 204 g/mol. The smallest absolute Gasteiger partial charge is 0.255 e. The number of nitrogens with one attached hydrogen (secondary N) is 1. The molecule has 1 amide bonds. The van der Waals surface area contributed by atoms with Gasteiger partial charge in [-0.2, -0.15) is 0 Å². The zero-order valence-electron chi connectivity index (χ0n) is 9.23. The van der Waals surface area contributed by atoms with Gasteiger partial charge in [0.2, 0.25) is 0 Å². The van der Waals surface area contributed by atoms with Gasteiger partial charge in [-0.25, -0.2) is 0 Å². The second-order valence-electron chi connectivity index (χ2n) is 4.37. The summed E-state index contributed by atoms with van der Waals surface area (Å²) in [6.45, 7) is 1.77. The minimum Gasteiger partial charge on any atom is -0.507 e. The van der Waals surface area contributed by atoms with Gasteiger partial charge in [-0.3, -0.25) is 4.79 Å². The fourth-order valence-electron chi connectivity index (χ4n) is 1.89. The Morgan fingerprint density at radius 1 is 1.50 bits per heavy atom. The highest BCUT2D eigenvalue weighted by Gasteiger charge is 2.28. The number of hydrogen-bond acceptors (Lipinski definition) is 3. The van der Waals surface area contributed by atoms with Gasteiger partial charge in [0.15, 0.2) is 0 Å². The van der Waals surface area contributed by atoms with Crippen LogP contribution in [-0.2, 0) is 0 Å². The van der Waals surface area contributed by atoms with Crippen LogP contribution in [0.15, 0.2) is 18.2 Å². The fourth-order valence-corrected chi connectivity index (χ4v) is 1.89. The zero-order valence-corrected chi connectivity index (χ0v) is 9.23. The number of carbonyl (C=O) groups excluding carboxylic acids is 1. The van der Waals surface area contributed by atoms with Crippen molar-refractivity contribution in [2.75, 3.05) is 0 Å². The summed E-state index contributed by atoms with van der Waals surface area (Å²) in [4.78, 5) is 11.8. The van der Waals surface area contributed by atoms with Gasteiger partial charge in [0, 0.05) is 12.1 Å². The maximum Gasteiger partial charge on any atom is 0.255 e. The topological polar surface area (TPSA) is 75.4 Å². The summed E-state index contributed by atoms with van der Waals surface area (Å²) in [6, 6.07) is 5.51. The molecule has 4 N–H and O–H groups in total. The van der Waals surface area contributed by atoms with Gasteiger partial charge in [-0.15, -0.1) is 0 Å². The van der Waals surface area contributed by atoms with Gasteiger partial charge in [-0.1, -0.05) is 12.1 Å². The van der Waals surface area contributed by atoms with E-state index in [1.54, 1.807) is 25.1 Å². The third kappa shape index (κ3) is 2.02. The number of carbonyl (C=O) groups is 1. The van der Waals surface area contributed by atoms with Crippen LogP contribution in [0.2, 0.25) is 0 Å². The van der Waals surface area contributed by atoms with E-state index in [1.165, 1.54) is 0 Å². The normalized spacial score (nSPS) is 23.6. The number of hydrogen-bond donors (Lipinski definition) is 3. The van der Waals surface area contributed by atoms with Crippen LogP contribution in [0.5, 0.6) is 5.75 Å². The lowest BCUT2D eigenvalue weighted by molar-refractivity contribution is 0.0907. The van der Waals surface area contributed by atoms with Crippen molar-refractivity contribution >= 4 is 5.91 Å². The van der Waals surface area contributed by atoms with Crippen molar-refractivity contribution in [3.05, 3.63) is 29.3 Å². The monoisotopic (exact) mass is 220 g/mol. The standard InChI is InChI=1S/C12H16N2O2/c1-7-3-2-4-10(11(7)15)12(16)14-9-5-8(13)6-9/h2-4,8-9,15H,5-6,13H2,1H3,(H,14,16). The van der Waals surface area contributed by atoms with Crippen LogP contribution in [0, 0.1) is 6.92 Å². The molecule has 4 nitrogen and oxygen atoms in total. The predicted molar refractivity (Wildman–Crippen MR) is 61.3 cm³/mol. The van der Waals surface area contributed by atoms with Crippen LogP contribution in [0.3, 0.4) is 0 Å². The van der Waals surface area contributed by atoms with Crippen LogP contribution in [0.1, 0.15) is 28.8 Å². The summed E-state index contributed by atoms with van der Waals surface area (Å²) in [5, 5.41) is 12.6. The van der Waals surface area contributed by atoms with Crippen LogP contribution < -0.4 is 11.1 Å². The second kappa shape index (κ2) is 4.14. The Balaban J connectivity index is 2.06. The molecule has 4 heteroatoms. The first-order valence-electron chi connectivity index (χ1n) is 5.43. The summed E-state index contributed by atoms with van der Waals surface area (Å²) in [6.07, 6.45) is 1.64. The van der Waals surface area contributed by atoms with E-state index >= 15 is 0 Å². The molecule has 1 saturated carbocycles. The number of benzene rings is 1. The Morgan fingerprint density at radius 3 is 2.81 bits per heavy atom. The SMILES string of the molecule is Cc1cccc(C(=O)NC2CC(N)C2)c1O. The summed E-state index contributed by atoms with van der Waals surface area (Å²) < 4.78 is 0. The summed E-state index contributed by atoms with van der Waals surface area (Å²) in [5.41, 5.74) is 6.68. The number of nitrogens with two attached hydrogens (primary N) is 1. The van der Waals surface area contributed by atoms with Crippen molar-refractivity contribution in [3.63, 3.8) is 0 Å². The lowest BCUT2D eigenvalue weighted by atomic mass is 9.87. The molecule has 0 aromatic heterocycles. The summed E-state index contributed by atoms with van der Waals surface area (Å²) in [7, 11) is 0. The van der Waals surface area contributed by atoms with Gasteiger partial charge < -0.3 is 16.2 Å². The van der Waals surface area contributed by atoms with Crippen molar-refractivity contribution in [1.82, 2.24) is 5.32 Å². The average Bonchev–Trinajstić information content (AvgIpc) is 2.19. The molecule has 0 bridgehead atoms. The molecule has 1 aromatic rings. The van der Waals surface area contributed by atoms with E-state index in [2.05, 4.69) is 5.32 Å². The highest BCUT2D eigenvalue weighted by Crippen LogP contribution is 2.23. The lowest BCUT2D eigenvalue weighted by Gasteiger charge is -2.33. The number of rotatable bonds is 2. The highest BCUT2D eigenvalue weighted by molar-refractivity contribution is 5.97. The third-order valence-electron chi connectivity index (χ3n) is 2.99. The molecule has 86 valence electrons. The molecule has 1 aliphatic carbocycles. The first-order chi connectivity index (χ1) is 7.58. The molecule has 0 unspecified atom stereocenters. The van der Waals surface area contributed by atoms with E-state index in [0.29, 0.717) is 11.1 Å². The first-order valence-corrected chi connectivity index (χ1v) is 5.43. The summed E-state index contributed by atoms with van der Waals surface area (Å²) in [5.74, 6) is -0.165. The Hall–Kier alpha value is -1.55. The van der Waals surface area contributed by atoms with Crippen molar-refractivity contribution < 1.29 is 9.90 Å². The average molecular weight is 220 g/mol. The largest absolute Gasteiger partial charge is 0.507 e. The van der Waals surface area contributed by atoms with E-state index in [4.69, 9.17) is 5.73 Å². The number of aryl methyl sites for hydroxylation is 1. The highest BCUT2D eigenvalue weighted by atomic mass is 16.3. The van der Waals surface area contributed by atoms with Crippen molar-refractivity contribution in [3.8, 4) is 5.75 Å². The zero-order chi connectivity index (χ0) is 11.7. The fraction of sp³-hybridized carbons (Fsp3) is 0.417. The van der Waals surface area contributed by atoms with Gasteiger partial charge >= 0.3 is 0 Å². The number of amides is 1. The van der Waals surface area contributed by atoms with Gasteiger partial charge in [0.1, 0.15) is 5.75 Å². The summed E-state index contributed by atoms with van der Waals surface area (Å²) >= 11 is 0. The van der Waals surface area contributed by atoms with Crippen LogP contribution in [-0.4, -0.2) is 23.1 Å². The lowest BCUT2D eigenvalue weighted by Crippen LogP contribution is -2.50. The Bertz CT molecular complexity index is 411. The molecule has 0 saturated heterocycles. The second-order valence-corrected chi connectivity index (χ2v) is 4.37. The van der Waals surface area contributed by atoms with E-state index in [1.807, 2.05) is 0 Å². The maximum atomic E-state index is 11.8. The molecule has 2 rings (SSSR count). The molecule has 0 radical (unpaired) electrons. The molecular formula is C12H16N2O2. The van der Waals surface area contributed by atoms with Crippen molar-refractivity contribution in [2.45, 2.75) is 31.8 Å². The molecule has 1 fully saturated rings. The molecule has 0 aliphatic heterocycles. The van der Waals surface area contributed by atoms with E-state index in [9.17, 15) is 9.90 Å². The third-order valence-corrected chi connectivity index (χ3v) is 2.99. The van der Waals surface area contributed by atoms with Crippen LogP contribution in [0.25, 0.3) is 0 Å². The minimum atomic E-state index is -0.224. The Kier molecular flexibility index (Phi) is 2.83. The number of aromatic hydroxyl groups is 1. The van der Waals surface area contributed by atoms with Crippen molar-refractivity contribution in [1.29, 1.82) is 0 Å². The molecule has 0 heterocycles. The van der Waals surface area contributed by atoms with Crippen molar-refractivity contribution in [2.24, 2.45) is 5.73 Å². The molecule has 0 atom stereocenters. The van der Waals surface area contributed by atoms with E-state index in [-0.39, 0.29) is 23.7 Å². The van der Waals surface area contributed by atoms with Gasteiger partial charge in [0.25, 0.3) is 5.91 Å². The quantitative estimate of drug-likeness (QED) is 0.693. The molecule has 0 spiro atoms. The van der Waals surface area contributed by atoms with Crippen LogP contribution in [0.4, 0.5) is 0 Å². The van der Waals surface area contributed by atoms with E-state index in [0.717, 1.165) is 12.8 Å². The van der Waals surface area contributed by atoms with Gasteiger partial charge in [-0.05, 0) is 31.4 Å². The Labute approximate surface area is 94.5 Å². The number of para-hydroxylation sites is 1.